The van der Waals surface area contributed by atoms with Gasteiger partial charge in [0.15, 0.2) is 0 Å². The van der Waals surface area contributed by atoms with Gasteiger partial charge in [0, 0.05) is 15.5 Å². The minimum atomic E-state index is -0.379. The lowest BCUT2D eigenvalue weighted by Crippen LogP contribution is -2.41. The van der Waals surface area contributed by atoms with Gasteiger partial charge in [-0.2, -0.15) is 0 Å². The van der Waals surface area contributed by atoms with E-state index in [1.165, 1.54) is 34.6 Å². The second-order valence-electron chi connectivity index (χ2n) is 4.91. The Morgan fingerprint density at radius 2 is 1.90 bits per heavy atom. The van der Waals surface area contributed by atoms with Crippen LogP contribution >= 0.6 is 27.3 Å². The lowest BCUT2D eigenvalue weighted by Gasteiger charge is -2.08. The van der Waals surface area contributed by atoms with Crippen molar-refractivity contribution in [2.45, 2.75) is 25.7 Å². The number of hydrogen-bond donors (Lipinski definition) is 3. The molecule has 0 aromatic carbocycles. The van der Waals surface area contributed by atoms with Gasteiger partial charge in [-0.05, 0) is 59.3 Å². The number of aryl methyl sites for hydroxylation is 2. The zero-order valence-electron chi connectivity index (χ0n) is 11.2. The number of amides is 2. The number of nitrogens with one attached hydrogen (secondary N) is 3. The van der Waals surface area contributed by atoms with Crippen LogP contribution in [0.4, 0.5) is 0 Å². The number of fused-ring (bicyclic) bond motifs is 1. The summed E-state index contributed by atoms with van der Waals surface area (Å²) in [6.07, 6.45) is 6.12. The van der Waals surface area contributed by atoms with E-state index in [4.69, 9.17) is 0 Å². The van der Waals surface area contributed by atoms with Gasteiger partial charge in [-0.1, -0.05) is 0 Å². The normalized spacial score (nSPS) is 13.6. The number of rotatable bonds is 2. The molecule has 7 heteroatoms. The number of carbonyl (C=O) groups is 2. The van der Waals surface area contributed by atoms with Crippen LogP contribution in [-0.2, 0) is 12.8 Å². The van der Waals surface area contributed by atoms with E-state index in [2.05, 4.69) is 31.8 Å². The van der Waals surface area contributed by atoms with Gasteiger partial charge in [-0.25, -0.2) is 0 Å². The van der Waals surface area contributed by atoms with Crippen LogP contribution in [0.1, 0.15) is 43.4 Å². The standard InChI is InChI=1S/C14H14BrN3O2S/c15-9-6-10(16-7-9)13(19)17-18-14(20)12-5-8-3-1-2-4-11(8)21-12/h5-7,16H,1-4H2,(H,17,19)(H,18,20). The Morgan fingerprint density at radius 1 is 1.14 bits per heavy atom. The van der Waals surface area contributed by atoms with Crippen molar-refractivity contribution in [1.82, 2.24) is 15.8 Å². The van der Waals surface area contributed by atoms with Crippen LogP contribution in [0.5, 0.6) is 0 Å². The third-order valence-electron chi connectivity index (χ3n) is 3.40. The predicted octanol–water partition coefficient (Wildman–Crippen LogP) is 2.79. The summed E-state index contributed by atoms with van der Waals surface area (Å²) in [5.41, 5.74) is 6.52. The van der Waals surface area contributed by atoms with E-state index in [0.717, 1.165) is 17.3 Å². The van der Waals surface area contributed by atoms with Crippen LogP contribution in [0.2, 0.25) is 0 Å². The van der Waals surface area contributed by atoms with Gasteiger partial charge in [0.1, 0.15) is 5.69 Å². The van der Waals surface area contributed by atoms with Gasteiger partial charge in [-0.3, -0.25) is 20.4 Å². The molecule has 21 heavy (non-hydrogen) atoms. The molecule has 3 rings (SSSR count). The predicted molar refractivity (Wildman–Crippen MR) is 84.4 cm³/mol. The summed E-state index contributed by atoms with van der Waals surface area (Å²) in [7, 11) is 0. The van der Waals surface area contributed by atoms with Crippen molar-refractivity contribution in [3.8, 4) is 0 Å². The SMILES string of the molecule is O=C(NNC(=O)c1cc2c(s1)CCCC2)c1cc(Br)c[nH]1. The summed E-state index contributed by atoms with van der Waals surface area (Å²) in [4.78, 5) is 28.6. The highest BCUT2D eigenvalue weighted by Gasteiger charge is 2.18. The molecule has 0 bridgehead atoms. The van der Waals surface area contributed by atoms with Gasteiger partial charge in [0.25, 0.3) is 11.8 Å². The fraction of sp³-hybridized carbons (Fsp3) is 0.286. The van der Waals surface area contributed by atoms with E-state index in [0.29, 0.717) is 10.6 Å². The molecule has 2 aromatic heterocycles. The number of H-pyrrole nitrogens is 1. The summed E-state index contributed by atoms with van der Waals surface area (Å²) in [5.74, 6) is -0.649. The van der Waals surface area contributed by atoms with E-state index in [1.807, 2.05) is 6.07 Å². The fourth-order valence-corrected chi connectivity index (χ4v) is 3.84. The lowest BCUT2D eigenvalue weighted by molar-refractivity contribution is 0.0846. The van der Waals surface area contributed by atoms with Crippen molar-refractivity contribution in [1.29, 1.82) is 0 Å². The average molecular weight is 368 g/mol. The Balaban J connectivity index is 1.61. The minimum absolute atomic E-state index is 0.270. The molecule has 1 aliphatic rings. The highest BCUT2D eigenvalue weighted by molar-refractivity contribution is 9.10. The average Bonchev–Trinajstić information content (AvgIpc) is 3.10. The highest BCUT2D eigenvalue weighted by atomic mass is 79.9. The summed E-state index contributed by atoms with van der Waals surface area (Å²) in [5, 5.41) is 0. The molecule has 2 amide bonds. The van der Waals surface area contributed by atoms with Crippen LogP contribution in [0.15, 0.2) is 22.8 Å². The maximum absolute atomic E-state index is 12.1. The fourth-order valence-electron chi connectivity index (χ4n) is 2.34. The largest absolute Gasteiger partial charge is 0.356 e. The molecule has 0 atom stereocenters. The van der Waals surface area contributed by atoms with E-state index >= 15 is 0 Å². The van der Waals surface area contributed by atoms with Crippen LogP contribution in [0.3, 0.4) is 0 Å². The Bertz CT molecular complexity index is 669. The number of aromatic amines is 1. The zero-order chi connectivity index (χ0) is 14.8. The van der Waals surface area contributed by atoms with Gasteiger partial charge in [0.05, 0.1) is 4.88 Å². The molecule has 2 heterocycles. The number of thiophene rings is 1. The second kappa shape index (κ2) is 6.03. The summed E-state index contributed by atoms with van der Waals surface area (Å²) in [6, 6.07) is 3.58. The minimum Gasteiger partial charge on any atom is -0.356 e. The Hall–Kier alpha value is -1.60. The van der Waals surface area contributed by atoms with Crippen LogP contribution < -0.4 is 10.9 Å². The molecule has 0 unspecified atom stereocenters. The molecule has 0 spiro atoms. The monoisotopic (exact) mass is 367 g/mol. The molecule has 0 radical (unpaired) electrons. The summed E-state index contributed by atoms with van der Waals surface area (Å²) < 4.78 is 0.782. The van der Waals surface area contributed by atoms with Crippen molar-refractivity contribution < 1.29 is 9.59 Å². The zero-order valence-corrected chi connectivity index (χ0v) is 13.6. The first kappa shape index (κ1) is 14.3. The summed E-state index contributed by atoms with van der Waals surface area (Å²) >= 11 is 4.77. The molecule has 5 nitrogen and oxygen atoms in total. The lowest BCUT2D eigenvalue weighted by atomic mass is 9.99. The van der Waals surface area contributed by atoms with Crippen LogP contribution in [0, 0.1) is 0 Å². The molecule has 0 aliphatic heterocycles. The van der Waals surface area contributed by atoms with Crippen LogP contribution in [-0.4, -0.2) is 16.8 Å². The number of hydrogen-bond acceptors (Lipinski definition) is 3. The van der Waals surface area contributed by atoms with Crippen molar-refractivity contribution in [3.63, 3.8) is 0 Å². The topological polar surface area (TPSA) is 74.0 Å². The number of halogens is 1. The molecule has 0 saturated carbocycles. The third-order valence-corrected chi connectivity index (χ3v) is 5.10. The van der Waals surface area contributed by atoms with Gasteiger partial charge >= 0.3 is 0 Å². The molecule has 110 valence electrons. The second-order valence-corrected chi connectivity index (χ2v) is 6.96. The van der Waals surface area contributed by atoms with E-state index in [1.54, 1.807) is 12.3 Å². The van der Waals surface area contributed by atoms with E-state index in [9.17, 15) is 9.59 Å². The van der Waals surface area contributed by atoms with Gasteiger partial charge in [-0.15, -0.1) is 11.3 Å². The maximum atomic E-state index is 12.1. The smallest absolute Gasteiger partial charge is 0.286 e. The molecular weight excluding hydrogens is 354 g/mol. The molecule has 0 fully saturated rings. The first-order valence-corrected chi connectivity index (χ1v) is 8.30. The molecular formula is C14H14BrN3O2S. The van der Waals surface area contributed by atoms with Crippen molar-refractivity contribution >= 4 is 39.1 Å². The molecule has 3 N–H and O–H groups in total. The number of hydrazine groups is 1. The molecule has 1 aliphatic carbocycles. The highest BCUT2D eigenvalue weighted by Crippen LogP contribution is 2.29. The van der Waals surface area contributed by atoms with Crippen molar-refractivity contribution in [2.24, 2.45) is 0 Å². The first-order chi connectivity index (χ1) is 10.1. The number of carbonyl (C=O) groups excluding carboxylic acids is 2. The van der Waals surface area contributed by atoms with Crippen LogP contribution in [0.25, 0.3) is 0 Å². The Labute approximate surface area is 134 Å². The van der Waals surface area contributed by atoms with E-state index < -0.39 is 0 Å². The van der Waals surface area contributed by atoms with Crippen molar-refractivity contribution in [3.05, 3.63) is 43.8 Å². The maximum Gasteiger partial charge on any atom is 0.286 e. The van der Waals surface area contributed by atoms with Gasteiger partial charge in [0.2, 0.25) is 0 Å². The van der Waals surface area contributed by atoms with Crippen molar-refractivity contribution in [2.75, 3.05) is 0 Å². The summed E-state index contributed by atoms with van der Waals surface area (Å²) in [6.45, 7) is 0. The van der Waals surface area contributed by atoms with E-state index in [-0.39, 0.29) is 11.8 Å². The molecule has 2 aromatic rings. The quantitative estimate of drug-likeness (QED) is 0.714. The molecule has 0 saturated heterocycles. The first-order valence-electron chi connectivity index (χ1n) is 6.69. The van der Waals surface area contributed by atoms with Gasteiger partial charge < -0.3 is 4.98 Å². The third kappa shape index (κ3) is 3.19. The number of aromatic nitrogens is 1. The Morgan fingerprint density at radius 3 is 2.62 bits per heavy atom. The Kier molecular flexibility index (Phi) is 4.12.